The van der Waals surface area contributed by atoms with Crippen LogP contribution < -0.4 is 4.74 Å². The van der Waals surface area contributed by atoms with Gasteiger partial charge in [-0.1, -0.05) is 6.92 Å². The molecule has 0 aliphatic rings. The molecule has 5 heteroatoms. The highest BCUT2D eigenvalue weighted by Gasteiger charge is 2.11. The summed E-state index contributed by atoms with van der Waals surface area (Å²) in [6, 6.07) is 6.46. The summed E-state index contributed by atoms with van der Waals surface area (Å²) in [6.07, 6.45) is 1.13. The molecule has 1 aromatic carbocycles. The molecule has 0 fully saturated rings. The summed E-state index contributed by atoms with van der Waals surface area (Å²) < 4.78 is 8.24. The smallest absolute Gasteiger partial charge is 0.178 e. The number of fused-ring (bicyclic) bond motifs is 1. The van der Waals surface area contributed by atoms with Crippen LogP contribution in [0.2, 0.25) is 0 Å². The number of aromatic nitrogens is 2. The molecule has 0 amide bonds. The summed E-state index contributed by atoms with van der Waals surface area (Å²) in [5.41, 5.74) is 2.19. The van der Waals surface area contributed by atoms with Gasteiger partial charge in [0.15, 0.2) is 4.77 Å². The van der Waals surface area contributed by atoms with Crippen LogP contribution in [0, 0.1) is 4.77 Å². The summed E-state index contributed by atoms with van der Waals surface area (Å²) in [7, 11) is 1.68. The minimum absolute atomic E-state index is 0.411. The fourth-order valence-corrected chi connectivity index (χ4v) is 3.39. The van der Waals surface area contributed by atoms with E-state index in [9.17, 15) is 0 Å². The highest BCUT2D eigenvalue weighted by Crippen LogP contribution is 2.25. The lowest BCUT2D eigenvalue weighted by Gasteiger charge is -2.14. The third-order valence-corrected chi connectivity index (χ3v) is 4.48. The summed E-state index contributed by atoms with van der Waals surface area (Å²) in [4.78, 5) is 3.26. The minimum Gasteiger partial charge on any atom is -0.497 e. The lowest BCUT2D eigenvalue weighted by molar-refractivity contribution is 0.415. The number of benzene rings is 1. The Balaban J connectivity index is 2.32. The number of ether oxygens (including phenoxy) is 1. The fraction of sp³-hybridized carbons (Fsp3) is 0.500. The molecule has 2 aromatic rings. The van der Waals surface area contributed by atoms with Gasteiger partial charge in [-0.25, -0.2) is 0 Å². The average Bonchev–Trinajstić information content (AvgIpc) is 2.73. The predicted octanol–water partition coefficient (Wildman–Crippen LogP) is 4.41. The van der Waals surface area contributed by atoms with Crippen molar-refractivity contribution in [3.8, 4) is 5.75 Å². The Hall–Kier alpha value is -0.940. The number of H-pyrrole nitrogens is 1. The molecule has 0 aliphatic carbocycles. The topological polar surface area (TPSA) is 29.9 Å². The van der Waals surface area contributed by atoms with Gasteiger partial charge in [0.1, 0.15) is 5.75 Å². The van der Waals surface area contributed by atoms with Gasteiger partial charge in [0.25, 0.3) is 0 Å². The highest BCUT2D eigenvalue weighted by molar-refractivity contribution is 7.99. The molecular weight excluding hydrogens is 276 g/mol. The molecule has 1 N–H and O–H groups in total. The van der Waals surface area contributed by atoms with Gasteiger partial charge >= 0.3 is 0 Å². The molecule has 0 saturated carbocycles. The van der Waals surface area contributed by atoms with E-state index < -0.39 is 0 Å². The van der Waals surface area contributed by atoms with Gasteiger partial charge in [0.05, 0.1) is 18.1 Å². The van der Waals surface area contributed by atoms with Gasteiger partial charge in [0.2, 0.25) is 0 Å². The Morgan fingerprint density at radius 1 is 1.47 bits per heavy atom. The minimum atomic E-state index is 0.411. The summed E-state index contributed by atoms with van der Waals surface area (Å²) >= 11 is 7.42. The quantitative estimate of drug-likeness (QED) is 0.632. The van der Waals surface area contributed by atoms with Gasteiger partial charge in [-0.2, -0.15) is 11.8 Å². The Labute approximate surface area is 123 Å². The van der Waals surface area contributed by atoms with Crippen molar-refractivity contribution < 1.29 is 4.74 Å². The van der Waals surface area contributed by atoms with E-state index in [1.807, 2.05) is 23.9 Å². The number of nitrogens with one attached hydrogen (secondary N) is 1. The van der Waals surface area contributed by atoms with Crippen LogP contribution in [0.25, 0.3) is 11.0 Å². The van der Waals surface area contributed by atoms with Crippen molar-refractivity contribution in [3.05, 3.63) is 23.0 Å². The first-order valence-electron chi connectivity index (χ1n) is 6.53. The maximum atomic E-state index is 5.45. The molecule has 1 aromatic heterocycles. The second kappa shape index (κ2) is 6.48. The van der Waals surface area contributed by atoms with Crippen LogP contribution in [0.15, 0.2) is 18.2 Å². The number of hydrogen-bond donors (Lipinski definition) is 1. The van der Waals surface area contributed by atoms with Crippen LogP contribution >= 0.6 is 24.0 Å². The van der Waals surface area contributed by atoms with E-state index in [1.165, 1.54) is 11.5 Å². The fourth-order valence-electron chi connectivity index (χ4n) is 2.20. The molecule has 0 saturated heterocycles. The van der Waals surface area contributed by atoms with Gasteiger partial charge in [-0.15, -0.1) is 0 Å². The first-order valence-corrected chi connectivity index (χ1v) is 8.09. The van der Waals surface area contributed by atoms with Crippen LogP contribution in [-0.2, 0) is 0 Å². The summed E-state index contributed by atoms with van der Waals surface area (Å²) in [5.74, 6) is 3.19. The molecule has 0 spiro atoms. The SMILES string of the molecule is CCSCCC(C)n1c(=S)[nH]c2cc(OC)ccc21. The molecule has 1 atom stereocenters. The van der Waals surface area contributed by atoms with Crippen molar-refractivity contribution >= 4 is 35.0 Å². The molecule has 0 bridgehead atoms. The molecule has 1 heterocycles. The Bertz CT molecular complexity index is 603. The zero-order valence-corrected chi connectivity index (χ0v) is 13.2. The molecule has 0 aliphatic heterocycles. The van der Waals surface area contributed by atoms with Gasteiger partial charge in [0, 0.05) is 12.1 Å². The number of thioether (sulfide) groups is 1. The van der Waals surface area contributed by atoms with Crippen LogP contribution in [0.3, 0.4) is 0 Å². The van der Waals surface area contributed by atoms with Crippen LogP contribution in [0.1, 0.15) is 26.3 Å². The maximum Gasteiger partial charge on any atom is 0.178 e. The van der Waals surface area contributed by atoms with Crippen molar-refractivity contribution in [2.45, 2.75) is 26.3 Å². The molecule has 19 heavy (non-hydrogen) atoms. The molecule has 2 rings (SSSR count). The number of rotatable bonds is 6. The second-order valence-electron chi connectivity index (χ2n) is 4.52. The van der Waals surface area contributed by atoms with E-state index >= 15 is 0 Å². The molecule has 0 radical (unpaired) electrons. The Morgan fingerprint density at radius 2 is 2.26 bits per heavy atom. The first kappa shape index (κ1) is 14.5. The number of hydrogen-bond acceptors (Lipinski definition) is 3. The number of methoxy groups -OCH3 is 1. The zero-order chi connectivity index (χ0) is 13.8. The third-order valence-electron chi connectivity index (χ3n) is 3.25. The van der Waals surface area contributed by atoms with Crippen molar-refractivity contribution in [3.63, 3.8) is 0 Å². The third kappa shape index (κ3) is 3.15. The molecule has 3 nitrogen and oxygen atoms in total. The lowest BCUT2D eigenvalue weighted by Crippen LogP contribution is -2.06. The van der Waals surface area contributed by atoms with Crippen molar-refractivity contribution in [1.82, 2.24) is 9.55 Å². The second-order valence-corrected chi connectivity index (χ2v) is 6.30. The van der Waals surface area contributed by atoms with Crippen molar-refractivity contribution in [2.24, 2.45) is 0 Å². The molecular formula is C14H20N2OS2. The van der Waals surface area contributed by atoms with Crippen molar-refractivity contribution in [2.75, 3.05) is 18.6 Å². The number of aromatic amines is 1. The van der Waals surface area contributed by atoms with Gasteiger partial charge in [-0.3, -0.25) is 0 Å². The largest absolute Gasteiger partial charge is 0.497 e. The summed E-state index contributed by atoms with van der Waals surface area (Å²) in [6.45, 7) is 4.42. The van der Waals surface area contributed by atoms with Crippen molar-refractivity contribution in [1.29, 1.82) is 0 Å². The van der Waals surface area contributed by atoms with Crippen LogP contribution in [0.5, 0.6) is 5.75 Å². The Morgan fingerprint density at radius 3 is 2.95 bits per heavy atom. The van der Waals surface area contributed by atoms with Crippen LogP contribution in [-0.4, -0.2) is 28.2 Å². The highest BCUT2D eigenvalue weighted by atomic mass is 32.2. The maximum absolute atomic E-state index is 5.45. The van der Waals surface area contributed by atoms with E-state index in [2.05, 4.69) is 29.5 Å². The number of nitrogens with zero attached hydrogens (tertiary/aromatic N) is 1. The monoisotopic (exact) mass is 296 g/mol. The molecule has 104 valence electrons. The van der Waals surface area contributed by atoms with Crippen LogP contribution in [0.4, 0.5) is 0 Å². The van der Waals surface area contributed by atoms with E-state index in [0.717, 1.165) is 28.0 Å². The van der Waals surface area contributed by atoms with Gasteiger partial charge in [-0.05, 0) is 49.2 Å². The normalized spacial score (nSPS) is 12.8. The lowest BCUT2D eigenvalue weighted by atomic mass is 10.2. The Kier molecular flexibility index (Phi) is 4.93. The molecule has 1 unspecified atom stereocenters. The average molecular weight is 296 g/mol. The van der Waals surface area contributed by atoms with E-state index in [1.54, 1.807) is 7.11 Å². The van der Waals surface area contributed by atoms with E-state index in [-0.39, 0.29) is 0 Å². The first-order chi connectivity index (χ1) is 9.17. The summed E-state index contributed by atoms with van der Waals surface area (Å²) in [5, 5.41) is 0. The standard InChI is InChI=1S/C14H20N2OS2/c1-4-19-8-7-10(2)16-13-6-5-11(17-3)9-12(13)15-14(16)18/h5-6,9-10H,4,7-8H2,1-3H3,(H,15,18). The number of imidazole rings is 1. The van der Waals surface area contributed by atoms with E-state index in [4.69, 9.17) is 17.0 Å². The van der Waals surface area contributed by atoms with Gasteiger partial charge < -0.3 is 14.3 Å². The van der Waals surface area contributed by atoms with E-state index in [0.29, 0.717) is 6.04 Å². The zero-order valence-electron chi connectivity index (χ0n) is 11.6. The predicted molar refractivity (Wildman–Crippen MR) is 86.0 cm³/mol.